The van der Waals surface area contributed by atoms with Crippen molar-refractivity contribution in [2.45, 2.75) is 64.5 Å². The fourth-order valence-corrected chi connectivity index (χ4v) is 4.41. The van der Waals surface area contributed by atoms with E-state index in [-0.39, 0.29) is 17.4 Å². The number of rotatable bonds is 3. The number of likely N-dealkylation sites (tertiary alicyclic amines) is 2. The zero-order chi connectivity index (χ0) is 20.3. The lowest BCUT2D eigenvalue weighted by atomic mass is 9.99. The topological polar surface area (TPSA) is 52.7 Å². The van der Waals surface area contributed by atoms with Crippen LogP contribution in [0.2, 0.25) is 5.02 Å². The molecule has 154 valence electrons. The molecule has 2 heterocycles. The number of carbonyl (C=O) groups is 2. The minimum absolute atomic E-state index is 0.00164. The molecule has 0 radical (unpaired) electrons. The van der Waals surface area contributed by atoms with Crippen LogP contribution in [0.4, 0.5) is 0 Å². The molecule has 1 aromatic rings. The summed E-state index contributed by atoms with van der Waals surface area (Å²) in [5.41, 5.74) is 0.610. The number of piperidine rings is 2. The summed E-state index contributed by atoms with van der Waals surface area (Å²) in [4.78, 5) is 29.8. The van der Waals surface area contributed by atoms with E-state index in [1.807, 2.05) is 25.7 Å². The van der Waals surface area contributed by atoms with Crippen molar-refractivity contribution in [3.8, 4) is 0 Å². The second-order valence-corrected chi connectivity index (χ2v) is 9.43. The first kappa shape index (κ1) is 21.1. The van der Waals surface area contributed by atoms with Gasteiger partial charge in [-0.15, -0.1) is 0 Å². The molecule has 3 rings (SSSR count). The summed E-state index contributed by atoms with van der Waals surface area (Å²) in [7, 11) is 0. The molecule has 6 heteroatoms. The Bertz CT molecular complexity index is 715. The smallest absolute Gasteiger partial charge is 0.253 e. The highest BCUT2D eigenvalue weighted by Gasteiger charge is 2.28. The van der Waals surface area contributed by atoms with E-state index in [1.54, 1.807) is 18.2 Å². The van der Waals surface area contributed by atoms with Gasteiger partial charge in [0.25, 0.3) is 11.8 Å². The van der Waals surface area contributed by atoms with Crippen molar-refractivity contribution >= 4 is 23.4 Å². The second kappa shape index (κ2) is 8.83. The summed E-state index contributed by atoms with van der Waals surface area (Å²) in [6.07, 6.45) is 6.01. The number of hydrogen-bond donors (Lipinski definition) is 1. The van der Waals surface area contributed by atoms with Gasteiger partial charge in [-0.05, 0) is 77.7 Å². The maximum Gasteiger partial charge on any atom is 0.253 e. The minimum Gasteiger partial charge on any atom is -0.347 e. The van der Waals surface area contributed by atoms with Crippen molar-refractivity contribution in [2.75, 3.05) is 26.2 Å². The Labute approximate surface area is 173 Å². The quantitative estimate of drug-likeness (QED) is 0.828. The van der Waals surface area contributed by atoms with Crippen LogP contribution in [0.5, 0.6) is 0 Å². The maximum atomic E-state index is 12.9. The molecular weight excluding hydrogens is 374 g/mol. The monoisotopic (exact) mass is 405 g/mol. The molecule has 0 aromatic heterocycles. The Morgan fingerprint density at radius 2 is 1.68 bits per heavy atom. The van der Waals surface area contributed by atoms with E-state index in [2.05, 4.69) is 10.2 Å². The molecule has 0 spiro atoms. The van der Waals surface area contributed by atoms with Gasteiger partial charge in [0.15, 0.2) is 0 Å². The Morgan fingerprint density at radius 3 is 2.25 bits per heavy atom. The summed E-state index contributed by atoms with van der Waals surface area (Å²) in [5.74, 6) is -0.222. The van der Waals surface area contributed by atoms with Crippen LogP contribution in [0.25, 0.3) is 0 Å². The van der Waals surface area contributed by atoms with E-state index in [0.29, 0.717) is 22.2 Å². The fraction of sp³-hybridized carbons (Fsp3) is 0.636. The van der Waals surface area contributed by atoms with E-state index in [4.69, 9.17) is 11.6 Å². The van der Waals surface area contributed by atoms with Crippen LogP contribution in [0.1, 0.15) is 73.6 Å². The molecule has 2 amide bonds. The van der Waals surface area contributed by atoms with Crippen LogP contribution in [-0.2, 0) is 0 Å². The molecule has 28 heavy (non-hydrogen) atoms. The second-order valence-electron chi connectivity index (χ2n) is 9.02. The molecule has 2 saturated heterocycles. The summed E-state index contributed by atoms with van der Waals surface area (Å²) >= 11 is 6.32. The number of carbonyl (C=O) groups excluding carboxylic acids is 2. The first-order chi connectivity index (χ1) is 13.2. The fourth-order valence-electron chi connectivity index (χ4n) is 4.14. The maximum absolute atomic E-state index is 12.9. The molecule has 0 atom stereocenters. The Hall–Kier alpha value is -1.59. The van der Waals surface area contributed by atoms with Crippen LogP contribution < -0.4 is 5.32 Å². The van der Waals surface area contributed by atoms with Crippen molar-refractivity contribution in [3.63, 3.8) is 0 Å². The van der Waals surface area contributed by atoms with Gasteiger partial charge in [-0.3, -0.25) is 9.59 Å². The van der Waals surface area contributed by atoms with Gasteiger partial charge in [0.05, 0.1) is 10.6 Å². The summed E-state index contributed by atoms with van der Waals surface area (Å²) in [5, 5.41) is 3.22. The van der Waals surface area contributed by atoms with Crippen LogP contribution in [0.3, 0.4) is 0 Å². The first-order valence-electron chi connectivity index (χ1n) is 10.4. The lowest BCUT2D eigenvalue weighted by molar-refractivity contribution is 0.0589. The van der Waals surface area contributed by atoms with Crippen molar-refractivity contribution in [3.05, 3.63) is 34.3 Å². The Balaban J connectivity index is 1.60. The van der Waals surface area contributed by atoms with Gasteiger partial charge in [0, 0.05) is 30.2 Å². The normalized spacial score (nSPS) is 19.5. The summed E-state index contributed by atoms with van der Waals surface area (Å²) in [6.45, 7) is 9.73. The van der Waals surface area contributed by atoms with Gasteiger partial charge in [-0.2, -0.15) is 0 Å². The van der Waals surface area contributed by atoms with Crippen molar-refractivity contribution in [1.82, 2.24) is 15.1 Å². The average molecular weight is 406 g/mol. The van der Waals surface area contributed by atoms with Gasteiger partial charge in [-0.25, -0.2) is 0 Å². The highest BCUT2D eigenvalue weighted by Crippen LogP contribution is 2.24. The highest BCUT2D eigenvalue weighted by atomic mass is 35.5. The van der Waals surface area contributed by atoms with E-state index < -0.39 is 0 Å². The van der Waals surface area contributed by atoms with Gasteiger partial charge in [-0.1, -0.05) is 18.0 Å². The molecule has 0 unspecified atom stereocenters. The number of nitrogens with zero attached hydrogens (tertiary/aromatic N) is 2. The molecule has 2 aliphatic rings. The van der Waals surface area contributed by atoms with Crippen LogP contribution in [-0.4, -0.2) is 59.4 Å². The molecule has 5 nitrogen and oxygen atoms in total. The molecule has 0 aliphatic carbocycles. The van der Waals surface area contributed by atoms with Crippen molar-refractivity contribution in [1.29, 1.82) is 0 Å². The standard InChI is InChI=1S/C22H32ClN3O2/c1-22(2,3)24-20(27)18-8-7-16(15-19(18)23)21(28)26-13-9-17(10-14-26)25-11-5-4-6-12-25/h7-8,15,17H,4-6,9-14H2,1-3H3,(H,24,27). The summed E-state index contributed by atoms with van der Waals surface area (Å²) in [6, 6.07) is 5.59. The van der Waals surface area contributed by atoms with Gasteiger partial charge < -0.3 is 15.1 Å². The number of nitrogens with one attached hydrogen (secondary N) is 1. The lowest BCUT2D eigenvalue weighted by Gasteiger charge is -2.40. The first-order valence-corrected chi connectivity index (χ1v) is 10.8. The third-order valence-electron chi connectivity index (χ3n) is 5.61. The Morgan fingerprint density at radius 1 is 1.04 bits per heavy atom. The third-order valence-corrected chi connectivity index (χ3v) is 5.92. The molecule has 0 saturated carbocycles. The largest absolute Gasteiger partial charge is 0.347 e. The molecule has 1 aromatic carbocycles. The number of amides is 2. The zero-order valence-electron chi connectivity index (χ0n) is 17.3. The number of halogens is 1. The van der Waals surface area contributed by atoms with E-state index in [9.17, 15) is 9.59 Å². The van der Waals surface area contributed by atoms with E-state index >= 15 is 0 Å². The SMILES string of the molecule is CC(C)(C)NC(=O)c1ccc(C(=O)N2CCC(N3CCCCC3)CC2)cc1Cl. The molecule has 2 aliphatic heterocycles. The molecule has 1 N–H and O–H groups in total. The van der Waals surface area contributed by atoms with Crippen LogP contribution in [0, 0.1) is 0 Å². The van der Waals surface area contributed by atoms with E-state index in [1.165, 1.54) is 32.4 Å². The number of benzene rings is 1. The molecule has 2 fully saturated rings. The Kier molecular flexibility index (Phi) is 6.66. The zero-order valence-corrected chi connectivity index (χ0v) is 18.0. The average Bonchev–Trinajstić information content (AvgIpc) is 2.66. The van der Waals surface area contributed by atoms with Crippen LogP contribution >= 0.6 is 11.6 Å². The predicted octanol–water partition coefficient (Wildman–Crippen LogP) is 3.96. The lowest BCUT2D eigenvalue weighted by Crippen LogP contribution is -2.48. The predicted molar refractivity (Wildman–Crippen MR) is 113 cm³/mol. The van der Waals surface area contributed by atoms with Crippen molar-refractivity contribution < 1.29 is 9.59 Å². The van der Waals surface area contributed by atoms with E-state index in [0.717, 1.165) is 25.9 Å². The molecular formula is C22H32ClN3O2. The minimum atomic E-state index is -0.340. The van der Waals surface area contributed by atoms with Crippen LogP contribution in [0.15, 0.2) is 18.2 Å². The van der Waals surface area contributed by atoms with Gasteiger partial charge in [0.1, 0.15) is 0 Å². The molecule has 0 bridgehead atoms. The third kappa shape index (κ3) is 5.26. The summed E-state index contributed by atoms with van der Waals surface area (Å²) < 4.78 is 0. The highest BCUT2D eigenvalue weighted by molar-refractivity contribution is 6.34. The van der Waals surface area contributed by atoms with Crippen molar-refractivity contribution in [2.24, 2.45) is 0 Å². The van der Waals surface area contributed by atoms with Gasteiger partial charge in [0.2, 0.25) is 0 Å². The van der Waals surface area contributed by atoms with Gasteiger partial charge >= 0.3 is 0 Å². The number of hydrogen-bond acceptors (Lipinski definition) is 3.